The lowest BCUT2D eigenvalue weighted by Gasteiger charge is -2.25. The van der Waals surface area contributed by atoms with Gasteiger partial charge in [-0.25, -0.2) is 9.59 Å². The van der Waals surface area contributed by atoms with Gasteiger partial charge in [0.05, 0.1) is 0 Å². The second kappa shape index (κ2) is 13.3. The second-order valence-electron chi connectivity index (χ2n) is 9.73. The van der Waals surface area contributed by atoms with E-state index >= 15 is 0 Å². The molecule has 0 aliphatic rings. The molecule has 0 bridgehead atoms. The van der Waals surface area contributed by atoms with Crippen molar-refractivity contribution in [1.29, 1.82) is 0 Å². The second-order valence-corrected chi connectivity index (χ2v) is 9.73. The Bertz CT molecular complexity index is 1140. The average Bonchev–Trinajstić information content (AvgIpc) is 2.87. The van der Waals surface area contributed by atoms with E-state index < -0.39 is 35.7 Å². The number of rotatable bonds is 10. The van der Waals surface area contributed by atoms with Crippen molar-refractivity contribution >= 4 is 18.0 Å². The minimum Gasteiger partial charge on any atom is -0.459 e. The quantitative estimate of drug-likeness (QED) is 0.396. The number of hydrogen-bond donors (Lipinski definition) is 2. The fourth-order valence-electron chi connectivity index (χ4n) is 3.65. The highest BCUT2D eigenvalue weighted by Gasteiger charge is 2.29. The summed E-state index contributed by atoms with van der Waals surface area (Å²) in [5.74, 6) is -1.07. The van der Waals surface area contributed by atoms with Crippen molar-refractivity contribution < 1.29 is 23.9 Å². The normalized spacial score (nSPS) is 12.6. The van der Waals surface area contributed by atoms with Gasteiger partial charge in [0, 0.05) is 12.8 Å². The minimum atomic E-state index is -0.961. The molecule has 194 valence electrons. The molecule has 0 aromatic heterocycles. The summed E-state index contributed by atoms with van der Waals surface area (Å²) in [5, 5.41) is 5.47. The molecule has 2 atom stereocenters. The number of amides is 2. The van der Waals surface area contributed by atoms with Crippen molar-refractivity contribution in [2.24, 2.45) is 0 Å². The molecule has 3 aromatic rings. The third kappa shape index (κ3) is 9.80. The van der Waals surface area contributed by atoms with Crippen LogP contribution in [0.3, 0.4) is 0 Å². The Morgan fingerprint density at radius 2 is 1.14 bits per heavy atom. The largest absolute Gasteiger partial charge is 0.459 e. The van der Waals surface area contributed by atoms with Crippen LogP contribution in [0, 0.1) is 0 Å². The molecule has 3 aromatic carbocycles. The highest BCUT2D eigenvalue weighted by molar-refractivity contribution is 5.90. The molecule has 2 amide bonds. The van der Waals surface area contributed by atoms with E-state index in [0.29, 0.717) is 0 Å². The number of benzene rings is 3. The molecule has 0 unspecified atom stereocenters. The molecular weight excluding hydrogens is 468 g/mol. The predicted molar refractivity (Wildman–Crippen MR) is 142 cm³/mol. The number of hydrogen-bond acceptors (Lipinski definition) is 5. The van der Waals surface area contributed by atoms with Crippen LogP contribution >= 0.6 is 0 Å². The van der Waals surface area contributed by atoms with Crippen molar-refractivity contribution in [3.05, 3.63) is 108 Å². The van der Waals surface area contributed by atoms with Crippen LogP contribution < -0.4 is 10.6 Å². The van der Waals surface area contributed by atoms with E-state index in [1.807, 2.05) is 91.0 Å². The number of nitrogens with one attached hydrogen (secondary N) is 2. The van der Waals surface area contributed by atoms with Crippen molar-refractivity contribution in [3.63, 3.8) is 0 Å². The van der Waals surface area contributed by atoms with E-state index in [-0.39, 0.29) is 19.4 Å². The highest BCUT2D eigenvalue weighted by atomic mass is 16.6. The Labute approximate surface area is 218 Å². The van der Waals surface area contributed by atoms with Crippen molar-refractivity contribution in [3.8, 4) is 0 Å². The third-order valence-corrected chi connectivity index (χ3v) is 5.40. The van der Waals surface area contributed by atoms with Crippen LogP contribution in [-0.4, -0.2) is 35.7 Å². The predicted octanol–water partition coefficient (Wildman–Crippen LogP) is 4.59. The van der Waals surface area contributed by atoms with Crippen LogP contribution in [-0.2, 0) is 38.5 Å². The first kappa shape index (κ1) is 27.5. The number of alkyl carbamates (subject to hydrolysis) is 1. The summed E-state index contributed by atoms with van der Waals surface area (Å²) in [6, 6.07) is 26.1. The van der Waals surface area contributed by atoms with Gasteiger partial charge in [-0.05, 0) is 37.5 Å². The lowest BCUT2D eigenvalue weighted by Crippen LogP contribution is -2.54. The Morgan fingerprint density at radius 3 is 1.62 bits per heavy atom. The van der Waals surface area contributed by atoms with Crippen molar-refractivity contribution in [1.82, 2.24) is 10.6 Å². The van der Waals surface area contributed by atoms with Gasteiger partial charge in [-0.1, -0.05) is 91.0 Å². The summed E-state index contributed by atoms with van der Waals surface area (Å²) in [7, 11) is 0. The maximum absolute atomic E-state index is 13.4. The van der Waals surface area contributed by atoms with Crippen LogP contribution in [0.2, 0.25) is 0 Å². The maximum Gasteiger partial charge on any atom is 0.408 e. The molecule has 7 heteroatoms. The molecule has 3 rings (SSSR count). The summed E-state index contributed by atoms with van der Waals surface area (Å²) in [5.41, 5.74) is 1.83. The molecule has 37 heavy (non-hydrogen) atoms. The van der Waals surface area contributed by atoms with Crippen LogP contribution in [0.15, 0.2) is 91.0 Å². The van der Waals surface area contributed by atoms with E-state index in [0.717, 1.165) is 16.7 Å². The van der Waals surface area contributed by atoms with Gasteiger partial charge in [0.2, 0.25) is 5.91 Å². The lowest BCUT2D eigenvalue weighted by molar-refractivity contribution is -0.149. The maximum atomic E-state index is 13.4. The molecular formula is C30H34N2O5. The van der Waals surface area contributed by atoms with Gasteiger partial charge < -0.3 is 20.1 Å². The number of carbonyl (C=O) groups is 3. The smallest absolute Gasteiger partial charge is 0.408 e. The molecule has 0 aliphatic heterocycles. The fourth-order valence-corrected chi connectivity index (χ4v) is 3.65. The molecule has 7 nitrogen and oxygen atoms in total. The first-order valence-electron chi connectivity index (χ1n) is 12.3. The Hall–Kier alpha value is -4.13. The number of esters is 1. The number of carbonyl (C=O) groups excluding carboxylic acids is 3. The summed E-state index contributed by atoms with van der Waals surface area (Å²) < 4.78 is 10.9. The van der Waals surface area contributed by atoms with Crippen molar-refractivity contribution in [2.45, 2.75) is 57.9 Å². The Balaban J connectivity index is 1.77. The molecule has 0 radical (unpaired) electrons. The van der Waals surface area contributed by atoms with Crippen molar-refractivity contribution in [2.75, 3.05) is 0 Å². The SMILES string of the molecule is CC(C)(C)OC(=O)N[C@H](Cc1ccccc1)C(=O)N[C@H](Cc1ccccc1)C(=O)OCc1ccccc1. The molecule has 0 saturated heterocycles. The first-order valence-corrected chi connectivity index (χ1v) is 12.3. The van der Waals surface area contributed by atoms with Crippen LogP contribution in [0.1, 0.15) is 37.5 Å². The topological polar surface area (TPSA) is 93.7 Å². The standard InChI is InChI=1S/C30H34N2O5/c1-30(2,3)37-29(35)32-25(19-22-13-7-4-8-14-22)27(33)31-26(20-23-15-9-5-10-16-23)28(34)36-21-24-17-11-6-12-18-24/h4-18,25-26H,19-21H2,1-3H3,(H,31,33)(H,32,35)/t25-,26-/m1/s1. The van der Waals surface area contributed by atoms with Gasteiger partial charge in [0.1, 0.15) is 24.3 Å². The summed E-state index contributed by atoms with van der Waals surface area (Å²) in [6.45, 7) is 5.33. The minimum absolute atomic E-state index is 0.0877. The van der Waals surface area contributed by atoms with Gasteiger partial charge in [-0.3, -0.25) is 4.79 Å². The van der Waals surface area contributed by atoms with Crippen LogP contribution in [0.4, 0.5) is 4.79 Å². The summed E-state index contributed by atoms with van der Waals surface area (Å²) in [4.78, 5) is 39.1. The first-order chi connectivity index (χ1) is 17.7. The zero-order chi connectivity index (χ0) is 26.7. The van der Waals surface area contributed by atoms with E-state index in [1.54, 1.807) is 20.8 Å². The zero-order valence-electron chi connectivity index (χ0n) is 21.5. The molecule has 0 heterocycles. The van der Waals surface area contributed by atoms with Gasteiger partial charge in [0.25, 0.3) is 0 Å². The average molecular weight is 503 g/mol. The van der Waals surface area contributed by atoms with Gasteiger partial charge in [0.15, 0.2) is 0 Å². The Kier molecular flexibility index (Phi) is 9.84. The van der Waals surface area contributed by atoms with Crippen LogP contribution in [0.5, 0.6) is 0 Å². The summed E-state index contributed by atoms with van der Waals surface area (Å²) >= 11 is 0. The Morgan fingerprint density at radius 1 is 0.676 bits per heavy atom. The number of ether oxygens (including phenoxy) is 2. The van der Waals surface area contributed by atoms with Crippen LogP contribution in [0.25, 0.3) is 0 Å². The van der Waals surface area contributed by atoms with E-state index in [1.165, 1.54) is 0 Å². The van der Waals surface area contributed by atoms with Gasteiger partial charge in [-0.2, -0.15) is 0 Å². The fraction of sp³-hybridized carbons (Fsp3) is 0.300. The van der Waals surface area contributed by atoms with Gasteiger partial charge >= 0.3 is 12.1 Å². The molecule has 2 N–H and O–H groups in total. The molecule has 0 spiro atoms. The molecule has 0 fully saturated rings. The molecule has 0 saturated carbocycles. The van der Waals surface area contributed by atoms with Gasteiger partial charge in [-0.15, -0.1) is 0 Å². The van der Waals surface area contributed by atoms with E-state index in [2.05, 4.69) is 10.6 Å². The highest BCUT2D eigenvalue weighted by Crippen LogP contribution is 2.11. The third-order valence-electron chi connectivity index (χ3n) is 5.40. The monoisotopic (exact) mass is 502 g/mol. The van der Waals surface area contributed by atoms with E-state index in [9.17, 15) is 14.4 Å². The van der Waals surface area contributed by atoms with E-state index in [4.69, 9.17) is 9.47 Å². The summed E-state index contributed by atoms with van der Waals surface area (Å²) in [6.07, 6.45) is -0.247. The lowest BCUT2D eigenvalue weighted by atomic mass is 10.0. The zero-order valence-corrected chi connectivity index (χ0v) is 21.5. The molecule has 0 aliphatic carbocycles.